The standard InChI is InChI=1S/C23H27ClN6O/c1-15-19(23(2,3)4)28-30(16-10-6-5-7-11-16)20(15)27-21(31)18-17(24)14-25-22(26-18)29-12-8-9-13-29/h5-7,10-11,14H,8-9,12-13H2,1-4H3,(H,27,31). The first kappa shape index (κ1) is 21.3. The van der Waals surface area contributed by atoms with Gasteiger partial charge in [0.25, 0.3) is 5.91 Å². The van der Waals surface area contributed by atoms with Gasteiger partial charge in [-0.1, -0.05) is 50.6 Å². The Labute approximate surface area is 187 Å². The van der Waals surface area contributed by atoms with Gasteiger partial charge in [-0.15, -0.1) is 0 Å². The molecule has 1 saturated heterocycles. The van der Waals surface area contributed by atoms with Gasteiger partial charge in [0, 0.05) is 24.1 Å². The number of anilines is 2. The number of hydrogen-bond donors (Lipinski definition) is 1. The van der Waals surface area contributed by atoms with E-state index in [4.69, 9.17) is 16.7 Å². The number of nitrogens with one attached hydrogen (secondary N) is 1. The first-order valence-electron chi connectivity index (χ1n) is 10.5. The zero-order valence-corrected chi connectivity index (χ0v) is 19.1. The van der Waals surface area contributed by atoms with E-state index in [2.05, 4.69) is 41.0 Å². The Morgan fingerprint density at radius 3 is 2.45 bits per heavy atom. The van der Waals surface area contributed by atoms with Crippen LogP contribution in [0.5, 0.6) is 0 Å². The zero-order chi connectivity index (χ0) is 22.2. The van der Waals surface area contributed by atoms with Crippen molar-refractivity contribution in [2.45, 2.75) is 46.0 Å². The number of rotatable bonds is 4. The normalized spacial score (nSPS) is 14.2. The molecule has 0 radical (unpaired) electrons. The summed E-state index contributed by atoms with van der Waals surface area (Å²) in [6, 6.07) is 9.75. The van der Waals surface area contributed by atoms with Crippen molar-refractivity contribution in [3.8, 4) is 5.69 Å². The lowest BCUT2D eigenvalue weighted by molar-refractivity contribution is 0.102. The molecule has 0 bridgehead atoms. The number of benzene rings is 1. The number of nitrogens with zero attached hydrogens (tertiary/aromatic N) is 5. The second-order valence-electron chi connectivity index (χ2n) is 8.83. The number of aromatic nitrogens is 4. The van der Waals surface area contributed by atoms with Gasteiger partial charge >= 0.3 is 0 Å². The lowest BCUT2D eigenvalue weighted by Crippen LogP contribution is -2.23. The van der Waals surface area contributed by atoms with Crippen LogP contribution in [-0.4, -0.2) is 38.7 Å². The Balaban J connectivity index is 1.73. The molecule has 1 aliphatic heterocycles. The fourth-order valence-corrected chi connectivity index (χ4v) is 4.04. The van der Waals surface area contributed by atoms with Crippen LogP contribution >= 0.6 is 11.6 Å². The smallest absolute Gasteiger partial charge is 0.277 e. The SMILES string of the molecule is Cc1c(C(C)(C)C)nn(-c2ccccc2)c1NC(=O)c1nc(N2CCCC2)ncc1Cl. The summed E-state index contributed by atoms with van der Waals surface area (Å²) in [4.78, 5) is 24.1. The maximum absolute atomic E-state index is 13.3. The van der Waals surface area contributed by atoms with Crippen molar-refractivity contribution in [1.29, 1.82) is 0 Å². The summed E-state index contributed by atoms with van der Waals surface area (Å²) in [5.74, 6) is 0.766. The summed E-state index contributed by atoms with van der Waals surface area (Å²) in [5.41, 5.74) is 2.67. The van der Waals surface area contributed by atoms with Crippen LogP contribution in [0.25, 0.3) is 5.69 Å². The van der Waals surface area contributed by atoms with Gasteiger partial charge in [0.2, 0.25) is 5.95 Å². The predicted octanol–water partition coefficient (Wildman–Crippen LogP) is 4.77. The molecule has 8 heteroatoms. The van der Waals surface area contributed by atoms with Crippen LogP contribution < -0.4 is 10.2 Å². The Morgan fingerprint density at radius 2 is 1.81 bits per heavy atom. The fourth-order valence-electron chi connectivity index (χ4n) is 3.86. The number of carbonyl (C=O) groups excluding carboxylic acids is 1. The van der Waals surface area contributed by atoms with Crippen molar-refractivity contribution in [3.05, 3.63) is 58.5 Å². The second-order valence-corrected chi connectivity index (χ2v) is 9.24. The van der Waals surface area contributed by atoms with E-state index in [1.807, 2.05) is 37.3 Å². The molecule has 0 saturated carbocycles. The number of halogens is 1. The Morgan fingerprint density at radius 1 is 1.13 bits per heavy atom. The average Bonchev–Trinajstić information content (AvgIpc) is 3.38. The predicted molar refractivity (Wildman–Crippen MR) is 123 cm³/mol. The third-order valence-corrected chi connectivity index (χ3v) is 5.68. The van der Waals surface area contributed by atoms with Gasteiger partial charge in [-0.05, 0) is 31.9 Å². The summed E-state index contributed by atoms with van der Waals surface area (Å²) in [6.07, 6.45) is 3.69. The summed E-state index contributed by atoms with van der Waals surface area (Å²) >= 11 is 6.31. The van der Waals surface area contributed by atoms with Crippen molar-refractivity contribution >= 4 is 29.3 Å². The molecule has 0 aliphatic carbocycles. The minimum Gasteiger partial charge on any atom is -0.341 e. The number of carbonyl (C=O) groups is 1. The molecule has 3 aromatic rings. The molecule has 3 heterocycles. The molecule has 0 spiro atoms. The van der Waals surface area contributed by atoms with Crippen LogP contribution in [-0.2, 0) is 5.41 Å². The van der Waals surface area contributed by atoms with E-state index in [1.165, 1.54) is 6.20 Å². The molecule has 7 nitrogen and oxygen atoms in total. The first-order chi connectivity index (χ1) is 14.8. The van der Waals surface area contributed by atoms with Crippen molar-refractivity contribution < 1.29 is 4.79 Å². The van der Waals surface area contributed by atoms with Crippen LogP contribution in [0.4, 0.5) is 11.8 Å². The topological polar surface area (TPSA) is 75.9 Å². The maximum Gasteiger partial charge on any atom is 0.277 e. The molecule has 1 fully saturated rings. The van der Waals surface area contributed by atoms with Gasteiger partial charge in [0.15, 0.2) is 5.69 Å². The van der Waals surface area contributed by atoms with Crippen molar-refractivity contribution in [2.24, 2.45) is 0 Å². The summed E-state index contributed by atoms with van der Waals surface area (Å²) in [6.45, 7) is 10.1. The maximum atomic E-state index is 13.3. The highest BCUT2D eigenvalue weighted by molar-refractivity contribution is 6.34. The van der Waals surface area contributed by atoms with E-state index in [0.29, 0.717) is 11.8 Å². The minimum atomic E-state index is -0.381. The zero-order valence-electron chi connectivity index (χ0n) is 18.3. The minimum absolute atomic E-state index is 0.163. The number of hydrogen-bond acceptors (Lipinski definition) is 5. The molecule has 0 atom stereocenters. The molecule has 31 heavy (non-hydrogen) atoms. The Hall–Kier alpha value is -2.93. The van der Waals surface area contributed by atoms with E-state index < -0.39 is 0 Å². The third kappa shape index (κ3) is 4.28. The van der Waals surface area contributed by atoms with E-state index in [1.54, 1.807) is 4.68 Å². The largest absolute Gasteiger partial charge is 0.341 e. The lowest BCUT2D eigenvalue weighted by Gasteiger charge is -2.16. The van der Waals surface area contributed by atoms with Gasteiger partial charge < -0.3 is 10.2 Å². The number of amides is 1. The lowest BCUT2D eigenvalue weighted by atomic mass is 9.90. The third-order valence-electron chi connectivity index (χ3n) is 5.40. The van der Waals surface area contributed by atoms with E-state index in [9.17, 15) is 4.79 Å². The quantitative estimate of drug-likeness (QED) is 0.634. The Bertz CT molecular complexity index is 1100. The molecule has 162 valence electrons. The average molecular weight is 439 g/mol. The molecular weight excluding hydrogens is 412 g/mol. The summed E-state index contributed by atoms with van der Waals surface area (Å²) in [5, 5.41) is 8.06. The van der Waals surface area contributed by atoms with Gasteiger partial charge in [-0.2, -0.15) is 5.10 Å². The van der Waals surface area contributed by atoms with Crippen LogP contribution in [0.15, 0.2) is 36.5 Å². The van der Waals surface area contributed by atoms with Crippen molar-refractivity contribution in [1.82, 2.24) is 19.7 Å². The number of para-hydroxylation sites is 1. The molecule has 1 aliphatic rings. The van der Waals surface area contributed by atoms with Crippen LogP contribution in [0.3, 0.4) is 0 Å². The van der Waals surface area contributed by atoms with E-state index in [-0.39, 0.29) is 22.0 Å². The van der Waals surface area contributed by atoms with Gasteiger partial charge in [-0.25, -0.2) is 14.6 Å². The monoisotopic (exact) mass is 438 g/mol. The van der Waals surface area contributed by atoms with Crippen LogP contribution in [0, 0.1) is 6.92 Å². The van der Waals surface area contributed by atoms with Crippen LogP contribution in [0.2, 0.25) is 5.02 Å². The molecule has 2 aromatic heterocycles. The fraction of sp³-hybridized carbons (Fsp3) is 0.391. The first-order valence-corrected chi connectivity index (χ1v) is 10.9. The summed E-state index contributed by atoms with van der Waals surface area (Å²) < 4.78 is 1.77. The van der Waals surface area contributed by atoms with E-state index >= 15 is 0 Å². The van der Waals surface area contributed by atoms with Crippen molar-refractivity contribution in [3.63, 3.8) is 0 Å². The molecule has 4 rings (SSSR count). The van der Waals surface area contributed by atoms with Crippen molar-refractivity contribution in [2.75, 3.05) is 23.3 Å². The second kappa shape index (κ2) is 8.30. The summed E-state index contributed by atoms with van der Waals surface area (Å²) in [7, 11) is 0. The van der Waals surface area contributed by atoms with Crippen LogP contribution in [0.1, 0.15) is 55.4 Å². The Kier molecular flexibility index (Phi) is 5.71. The van der Waals surface area contributed by atoms with Gasteiger partial charge in [0.05, 0.1) is 22.6 Å². The highest BCUT2D eigenvalue weighted by Crippen LogP contribution is 2.32. The molecule has 1 N–H and O–H groups in total. The molecule has 0 unspecified atom stereocenters. The highest BCUT2D eigenvalue weighted by atomic mass is 35.5. The van der Waals surface area contributed by atoms with E-state index in [0.717, 1.165) is 42.9 Å². The highest BCUT2D eigenvalue weighted by Gasteiger charge is 2.27. The van der Waals surface area contributed by atoms with Gasteiger partial charge in [-0.3, -0.25) is 4.79 Å². The molecule has 1 aromatic carbocycles. The molecular formula is C23H27ClN6O. The molecule has 1 amide bonds. The van der Waals surface area contributed by atoms with Gasteiger partial charge in [0.1, 0.15) is 5.82 Å².